The van der Waals surface area contributed by atoms with Gasteiger partial charge < -0.3 is 30.5 Å². The van der Waals surface area contributed by atoms with Crippen molar-refractivity contribution in [3.8, 4) is 0 Å². The van der Waals surface area contributed by atoms with Crippen molar-refractivity contribution in [2.24, 2.45) is 5.92 Å². The van der Waals surface area contributed by atoms with Crippen molar-refractivity contribution in [1.82, 2.24) is 10.2 Å². The van der Waals surface area contributed by atoms with Crippen LogP contribution in [0.2, 0.25) is 0 Å². The van der Waals surface area contributed by atoms with Crippen molar-refractivity contribution < 1.29 is 34.2 Å². The molecule has 2 saturated heterocycles. The molecule has 10 heteroatoms. The van der Waals surface area contributed by atoms with Crippen LogP contribution in [0.3, 0.4) is 0 Å². The summed E-state index contributed by atoms with van der Waals surface area (Å²) in [5.74, 6) is 0.133. The van der Waals surface area contributed by atoms with E-state index in [1.807, 2.05) is 11.9 Å². The molecule has 0 aliphatic carbocycles. The number of rotatable bonds is 7. The monoisotopic (exact) mass is 422 g/mol. The first-order chi connectivity index (χ1) is 13.1. The molecule has 2 aliphatic heterocycles. The summed E-state index contributed by atoms with van der Waals surface area (Å²) in [7, 11) is 0.233. The molecule has 0 saturated carbocycles. The molecule has 2 aliphatic rings. The molecule has 28 heavy (non-hydrogen) atoms. The molecule has 10 atom stereocenters. The van der Waals surface area contributed by atoms with Gasteiger partial charge in [-0.2, -0.15) is 0 Å². The number of likely N-dealkylation sites (tertiary alicyclic amines) is 1. The standard InChI is InChI=1S/C18H34N2O7S/c1-5-6-10-7-11(20(3)8-10)17(25)19-12(9(2)21)16-14(23)13(22)15(24)18(27-16)28(4)26/h9-16,18,21-24H,5-8H2,1-4H3,(H,19,25). The van der Waals surface area contributed by atoms with E-state index >= 15 is 0 Å². The van der Waals surface area contributed by atoms with Crippen LogP contribution in [0.4, 0.5) is 0 Å². The van der Waals surface area contributed by atoms with Crippen LogP contribution < -0.4 is 5.32 Å². The van der Waals surface area contributed by atoms with Crippen molar-refractivity contribution in [3.05, 3.63) is 0 Å². The maximum atomic E-state index is 12.9. The van der Waals surface area contributed by atoms with Crippen LogP contribution in [0.25, 0.3) is 0 Å². The highest BCUT2D eigenvalue weighted by atomic mass is 32.2. The lowest BCUT2D eigenvalue weighted by Crippen LogP contribution is -2.66. The smallest absolute Gasteiger partial charge is 0.237 e. The molecule has 0 spiro atoms. The number of aliphatic hydroxyl groups excluding tert-OH is 4. The molecule has 2 heterocycles. The van der Waals surface area contributed by atoms with Crippen molar-refractivity contribution in [2.45, 2.75) is 81.1 Å². The van der Waals surface area contributed by atoms with Crippen LogP contribution in [0.15, 0.2) is 0 Å². The zero-order valence-corrected chi connectivity index (χ0v) is 17.7. The molecule has 0 aromatic heterocycles. The third kappa shape index (κ3) is 5.10. The molecule has 0 bridgehead atoms. The Kier molecular flexibility index (Phi) is 8.38. The summed E-state index contributed by atoms with van der Waals surface area (Å²) in [5.41, 5.74) is -1.23. The summed E-state index contributed by atoms with van der Waals surface area (Å²) in [6.45, 7) is 4.36. The highest BCUT2D eigenvalue weighted by Crippen LogP contribution is 2.28. The summed E-state index contributed by atoms with van der Waals surface area (Å²) < 4.78 is 17.4. The van der Waals surface area contributed by atoms with Gasteiger partial charge in [0, 0.05) is 12.8 Å². The van der Waals surface area contributed by atoms with Crippen LogP contribution in [-0.4, -0.2) is 103 Å². The quantitative estimate of drug-likeness (QED) is 0.322. The molecule has 1 amide bonds. The van der Waals surface area contributed by atoms with Gasteiger partial charge in [0.15, 0.2) is 5.44 Å². The summed E-state index contributed by atoms with van der Waals surface area (Å²) in [6, 6.07) is -1.39. The van der Waals surface area contributed by atoms with Crippen LogP contribution in [0.1, 0.15) is 33.1 Å². The zero-order chi connectivity index (χ0) is 21.2. The van der Waals surface area contributed by atoms with E-state index in [0.29, 0.717) is 12.3 Å². The number of nitrogens with one attached hydrogen (secondary N) is 1. The molecule has 0 aromatic rings. The SMILES string of the molecule is CCCC1CC(C(=O)NC(C(C)O)C2OC(S(C)=O)C(O)C(O)C2O)N(C)C1. The molecule has 2 fully saturated rings. The number of carbonyl (C=O) groups is 1. The van der Waals surface area contributed by atoms with Gasteiger partial charge in [0.2, 0.25) is 5.91 Å². The Morgan fingerprint density at radius 3 is 2.46 bits per heavy atom. The summed E-state index contributed by atoms with van der Waals surface area (Å²) in [4.78, 5) is 14.8. The van der Waals surface area contributed by atoms with Crippen molar-refractivity contribution >= 4 is 16.7 Å². The fraction of sp³-hybridized carbons (Fsp3) is 0.944. The number of hydrogen-bond donors (Lipinski definition) is 5. The molecule has 0 radical (unpaired) electrons. The number of aliphatic hydroxyl groups is 4. The zero-order valence-electron chi connectivity index (χ0n) is 16.9. The molecule has 5 N–H and O–H groups in total. The van der Waals surface area contributed by atoms with Crippen LogP contribution >= 0.6 is 0 Å². The van der Waals surface area contributed by atoms with Crippen LogP contribution in [0, 0.1) is 5.92 Å². The minimum absolute atomic E-state index is 0.294. The molecule has 9 nitrogen and oxygen atoms in total. The fourth-order valence-electron chi connectivity index (χ4n) is 4.21. The Balaban J connectivity index is 2.14. The Morgan fingerprint density at radius 1 is 1.29 bits per heavy atom. The first-order valence-electron chi connectivity index (χ1n) is 9.79. The summed E-state index contributed by atoms with van der Waals surface area (Å²) >= 11 is 0. The lowest BCUT2D eigenvalue weighted by Gasteiger charge is -2.43. The predicted octanol–water partition coefficient (Wildman–Crippen LogP) is -1.84. The Morgan fingerprint density at radius 2 is 1.93 bits per heavy atom. The van der Waals surface area contributed by atoms with E-state index in [9.17, 15) is 29.4 Å². The lowest BCUT2D eigenvalue weighted by atomic mass is 9.92. The van der Waals surface area contributed by atoms with Gasteiger partial charge in [-0.1, -0.05) is 13.3 Å². The highest BCUT2D eigenvalue weighted by Gasteiger charge is 2.49. The minimum atomic E-state index is -1.64. The van der Waals surface area contributed by atoms with E-state index in [2.05, 4.69) is 12.2 Å². The average molecular weight is 423 g/mol. The molecule has 164 valence electrons. The van der Waals surface area contributed by atoms with Crippen LogP contribution in [-0.2, 0) is 20.3 Å². The van der Waals surface area contributed by atoms with Gasteiger partial charge in [0.05, 0.1) is 29.0 Å². The maximum absolute atomic E-state index is 12.9. The predicted molar refractivity (Wildman–Crippen MR) is 104 cm³/mol. The largest absolute Gasteiger partial charge is 0.391 e. The van der Waals surface area contributed by atoms with E-state index < -0.39 is 52.8 Å². The lowest BCUT2D eigenvalue weighted by molar-refractivity contribution is -0.212. The number of hydrogen-bond acceptors (Lipinski definition) is 8. The van der Waals surface area contributed by atoms with Crippen LogP contribution in [0.5, 0.6) is 0 Å². The molecular formula is C18H34N2O7S. The second-order valence-electron chi connectivity index (χ2n) is 8.06. The minimum Gasteiger partial charge on any atom is -0.391 e. The molecule has 2 rings (SSSR count). The number of nitrogens with zero attached hydrogens (tertiary/aromatic N) is 1. The van der Waals surface area contributed by atoms with E-state index in [-0.39, 0.29) is 11.9 Å². The highest BCUT2D eigenvalue weighted by molar-refractivity contribution is 7.84. The van der Waals surface area contributed by atoms with Gasteiger partial charge in [-0.25, -0.2) is 0 Å². The van der Waals surface area contributed by atoms with Gasteiger partial charge in [-0.05, 0) is 32.7 Å². The number of carbonyl (C=O) groups excluding carboxylic acids is 1. The first-order valence-corrected chi connectivity index (χ1v) is 11.4. The van der Waals surface area contributed by atoms with E-state index in [1.165, 1.54) is 13.2 Å². The number of ether oxygens (including phenoxy) is 1. The molecule has 10 unspecified atom stereocenters. The molecule has 0 aromatic carbocycles. The van der Waals surface area contributed by atoms with Gasteiger partial charge in [0.25, 0.3) is 0 Å². The third-order valence-electron chi connectivity index (χ3n) is 5.75. The topological polar surface area (TPSA) is 140 Å². The average Bonchev–Trinajstić information content (AvgIpc) is 2.98. The van der Waals surface area contributed by atoms with Gasteiger partial charge in [-0.3, -0.25) is 13.9 Å². The maximum Gasteiger partial charge on any atom is 0.237 e. The Bertz CT molecular complexity index is 564. The third-order valence-corrected chi connectivity index (χ3v) is 6.79. The van der Waals surface area contributed by atoms with Crippen molar-refractivity contribution in [1.29, 1.82) is 0 Å². The van der Waals surface area contributed by atoms with E-state index in [0.717, 1.165) is 19.4 Å². The summed E-state index contributed by atoms with van der Waals surface area (Å²) in [6.07, 6.45) is -2.90. The summed E-state index contributed by atoms with van der Waals surface area (Å²) in [5, 5.41) is 43.4. The van der Waals surface area contributed by atoms with E-state index in [4.69, 9.17) is 4.74 Å². The van der Waals surface area contributed by atoms with Gasteiger partial charge in [-0.15, -0.1) is 0 Å². The Hall–Kier alpha value is -0.620. The molecular weight excluding hydrogens is 388 g/mol. The first kappa shape index (κ1) is 23.7. The Labute approximate surface area is 168 Å². The second kappa shape index (κ2) is 9.92. The van der Waals surface area contributed by atoms with Crippen molar-refractivity contribution in [3.63, 3.8) is 0 Å². The normalized spacial score (nSPS) is 40.1. The van der Waals surface area contributed by atoms with E-state index in [1.54, 1.807) is 0 Å². The van der Waals surface area contributed by atoms with Gasteiger partial charge in [0.1, 0.15) is 24.4 Å². The number of amides is 1. The fourth-order valence-corrected chi connectivity index (χ4v) is 5.05. The van der Waals surface area contributed by atoms with Gasteiger partial charge >= 0.3 is 0 Å². The number of likely N-dealkylation sites (N-methyl/N-ethyl adjacent to an activating group) is 1. The second-order valence-corrected chi connectivity index (χ2v) is 9.52. The van der Waals surface area contributed by atoms with Crippen molar-refractivity contribution in [2.75, 3.05) is 19.8 Å².